The highest BCUT2D eigenvalue weighted by atomic mass is 16.4. The molecule has 26 heavy (non-hydrogen) atoms. The van der Waals surface area contributed by atoms with Crippen molar-refractivity contribution in [2.45, 2.75) is 122 Å². The predicted octanol–water partition coefficient (Wildman–Crippen LogP) is 8.23. The molecule has 0 radical (unpaired) electrons. The Morgan fingerprint density at radius 2 is 1.04 bits per heavy atom. The van der Waals surface area contributed by atoms with E-state index < -0.39 is 5.97 Å². The first-order valence-corrected chi connectivity index (χ1v) is 11.3. The Labute approximate surface area is 163 Å². The van der Waals surface area contributed by atoms with Crippen molar-refractivity contribution in [1.29, 1.82) is 0 Å². The van der Waals surface area contributed by atoms with Crippen LogP contribution in [-0.4, -0.2) is 11.1 Å². The molecule has 0 unspecified atom stereocenters. The van der Waals surface area contributed by atoms with E-state index in [1.165, 1.54) is 89.9 Å². The van der Waals surface area contributed by atoms with Crippen molar-refractivity contribution >= 4 is 5.97 Å². The van der Waals surface area contributed by atoms with Crippen LogP contribution in [0.4, 0.5) is 0 Å². The summed E-state index contributed by atoms with van der Waals surface area (Å²) in [6.45, 7) is 2.27. The number of unbranched alkanes of at least 4 members (excludes halogenated alkanes) is 14. The summed E-state index contributed by atoms with van der Waals surface area (Å²) < 4.78 is 0. The number of carboxylic acid groups (broad SMARTS) is 1. The van der Waals surface area contributed by atoms with Crippen molar-refractivity contribution in [3.8, 4) is 0 Å². The lowest BCUT2D eigenvalue weighted by molar-refractivity contribution is -0.137. The normalized spacial score (nSPS) is 11.7. The third-order valence-electron chi connectivity index (χ3n) is 4.84. The van der Waals surface area contributed by atoms with Crippen LogP contribution in [0.25, 0.3) is 0 Å². The Bertz CT molecular complexity index is 344. The summed E-state index contributed by atoms with van der Waals surface area (Å²) in [5.41, 5.74) is 0. The molecule has 1 N–H and O–H groups in total. The molecule has 152 valence electrons. The van der Waals surface area contributed by atoms with Crippen LogP contribution >= 0.6 is 0 Å². The van der Waals surface area contributed by atoms with Crippen LogP contribution in [0.15, 0.2) is 24.3 Å². The molecule has 0 aromatic heterocycles. The second-order valence-corrected chi connectivity index (χ2v) is 7.50. The third kappa shape index (κ3) is 22.9. The zero-order chi connectivity index (χ0) is 19.1. The average Bonchev–Trinajstić information content (AvgIpc) is 2.62. The molecule has 0 aliphatic carbocycles. The van der Waals surface area contributed by atoms with Gasteiger partial charge in [-0.1, -0.05) is 102 Å². The lowest BCUT2D eigenvalue weighted by Gasteiger charge is -2.01. The van der Waals surface area contributed by atoms with E-state index in [1.807, 2.05) is 0 Å². The molecule has 0 heterocycles. The number of hydrogen-bond acceptors (Lipinski definition) is 1. The first-order valence-electron chi connectivity index (χ1n) is 11.3. The summed E-state index contributed by atoms with van der Waals surface area (Å²) in [7, 11) is 0. The molecule has 0 aromatic carbocycles. The second-order valence-electron chi connectivity index (χ2n) is 7.50. The summed E-state index contributed by atoms with van der Waals surface area (Å²) in [5, 5.41) is 8.56. The monoisotopic (exact) mass is 364 g/mol. The zero-order valence-corrected chi connectivity index (χ0v) is 17.4. The van der Waals surface area contributed by atoms with Gasteiger partial charge in [-0.05, 0) is 38.5 Å². The molecule has 0 saturated heterocycles. The Hall–Kier alpha value is -1.05. The lowest BCUT2D eigenvalue weighted by Crippen LogP contribution is -1.93. The van der Waals surface area contributed by atoms with Gasteiger partial charge in [-0.2, -0.15) is 0 Å². The molecule has 0 aliphatic rings. The van der Waals surface area contributed by atoms with Gasteiger partial charge < -0.3 is 5.11 Å². The highest BCUT2D eigenvalue weighted by molar-refractivity contribution is 5.66. The lowest BCUT2D eigenvalue weighted by atomic mass is 10.1. The standard InChI is InChI=1S/C24H44O2/c1-2-3-4-5-6-7-8-9-10-11-12-13-14-15-16-17-18-19-20-21-22-23-24(25)26/h8-9,11-12H,2-7,10,13-23H2,1H3,(H,25,26). The Kier molecular flexibility index (Phi) is 21.1. The van der Waals surface area contributed by atoms with Crippen molar-refractivity contribution in [3.05, 3.63) is 24.3 Å². The van der Waals surface area contributed by atoms with Gasteiger partial charge in [0.2, 0.25) is 0 Å². The molecule has 0 aliphatic heterocycles. The maximum atomic E-state index is 10.4. The van der Waals surface area contributed by atoms with Gasteiger partial charge >= 0.3 is 5.97 Å². The van der Waals surface area contributed by atoms with Crippen LogP contribution in [-0.2, 0) is 4.79 Å². The molecule has 0 spiro atoms. The third-order valence-corrected chi connectivity index (χ3v) is 4.84. The molecule has 0 bridgehead atoms. The maximum Gasteiger partial charge on any atom is 0.303 e. The number of hydrogen-bond donors (Lipinski definition) is 1. The van der Waals surface area contributed by atoms with Crippen LogP contribution < -0.4 is 0 Å². The first-order chi connectivity index (χ1) is 12.8. The molecule has 2 heteroatoms. The highest BCUT2D eigenvalue weighted by Gasteiger charge is 1.96. The number of aliphatic carboxylic acids is 1. The van der Waals surface area contributed by atoms with Crippen LogP contribution in [0.5, 0.6) is 0 Å². The minimum Gasteiger partial charge on any atom is -0.481 e. The van der Waals surface area contributed by atoms with Gasteiger partial charge in [0.15, 0.2) is 0 Å². The maximum absolute atomic E-state index is 10.4. The van der Waals surface area contributed by atoms with Crippen molar-refractivity contribution in [1.82, 2.24) is 0 Å². The van der Waals surface area contributed by atoms with Crippen LogP contribution in [0.1, 0.15) is 122 Å². The van der Waals surface area contributed by atoms with Crippen LogP contribution in [0.2, 0.25) is 0 Å². The molecule has 0 aromatic rings. The molecule has 0 fully saturated rings. The quantitative estimate of drug-likeness (QED) is 0.174. The topological polar surface area (TPSA) is 37.3 Å². The minimum absolute atomic E-state index is 0.336. The fourth-order valence-corrected chi connectivity index (χ4v) is 3.15. The molecule has 0 saturated carbocycles. The van der Waals surface area contributed by atoms with Gasteiger partial charge in [0, 0.05) is 6.42 Å². The van der Waals surface area contributed by atoms with Crippen LogP contribution in [0.3, 0.4) is 0 Å². The van der Waals surface area contributed by atoms with E-state index in [-0.39, 0.29) is 0 Å². The summed E-state index contributed by atoms with van der Waals surface area (Å²) in [5.74, 6) is -0.659. The summed E-state index contributed by atoms with van der Waals surface area (Å²) in [4.78, 5) is 10.4. The SMILES string of the molecule is CCCCCCCC=CCC=CCCCCCCCCCCCC(=O)O. The van der Waals surface area contributed by atoms with Crippen molar-refractivity contribution < 1.29 is 9.90 Å². The summed E-state index contributed by atoms with van der Waals surface area (Å²) in [6.07, 6.45) is 31.1. The fourth-order valence-electron chi connectivity index (χ4n) is 3.15. The molecule has 0 amide bonds. The van der Waals surface area contributed by atoms with E-state index in [0.717, 1.165) is 19.3 Å². The Morgan fingerprint density at radius 3 is 1.50 bits per heavy atom. The van der Waals surface area contributed by atoms with E-state index in [2.05, 4.69) is 31.2 Å². The minimum atomic E-state index is -0.659. The highest BCUT2D eigenvalue weighted by Crippen LogP contribution is 2.11. The number of allylic oxidation sites excluding steroid dienone is 4. The fraction of sp³-hybridized carbons (Fsp3) is 0.792. The Balaban J connectivity index is 3.15. The van der Waals surface area contributed by atoms with Crippen molar-refractivity contribution in [2.75, 3.05) is 0 Å². The molecule has 0 rings (SSSR count). The van der Waals surface area contributed by atoms with E-state index in [0.29, 0.717) is 6.42 Å². The van der Waals surface area contributed by atoms with Gasteiger partial charge in [0.25, 0.3) is 0 Å². The number of rotatable bonds is 20. The van der Waals surface area contributed by atoms with Gasteiger partial charge in [0.05, 0.1) is 0 Å². The first kappa shape index (κ1) is 24.9. The Morgan fingerprint density at radius 1 is 0.615 bits per heavy atom. The van der Waals surface area contributed by atoms with Gasteiger partial charge in [-0.15, -0.1) is 0 Å². The number of carboxylic acids is 1. The van der Waals surface area contributed by atoms with E-state index in [9.17, 15) is 4.79 Å². The van der Waals surface area contributed by atoms with Gasteiger partial charge in [-0.25, -0.2) is 0 Å². The zero-order valence-electron chi connectivity index (χ0n) is 17.4. The largest absolute Gasteiger partial charge is 0.481 e. The van der Waals surface area contributed by atoms with Crippen LogP contribution in [0, 0.1) is 0 Å². The second kappa shape index (κ2) is 22.0. The van der Waals surface area contributed by atoms with E-state index in [4.69, 9.17) is 5.11 Å². The van der Waals surface area contributed by atoms with Gasteiger partial charge in [0.1, 0.15) is 0 Å². The predicted molar refractivity (Wildman–Crippen MR) is 115 cm³/mol. The van der Waals surface area contributed by atoms with E-state index >= 15 is 0 Å². The average molecular weight is 365 g/mol. The summed E-state index contributed by atoms with van der Waals surface area (Å²) >= 11 is 0. The van der Waals surface area contributed by atoms with Crippen molar-refractivity contribution in [2.24, 2.45) is 0 Å². The molecule has 0 atom stereocenters. The van der Waals surface area contributed by atoms with Gasteiger partial charge in [-0.3, -0.25) is 4.79 Å². The smallest absolute Gasteiger partial charge is 0.303 e. The van der Waals surface area contributed by atoms with Crippen molar-refractivity contribution in [3.63, 3.8) is 0 Å². The molecular formula is C24H44O2. The summed E-state index contributed by atoms with van der Waals surface area (Å²) in [6, 6.07) is 0. The molecule has 2 nitrogen and oxygen atoms in total. The van der Waals surface area contributed by atoms with E-state index in [1.54, 1.807) is 0 Å². The number of carbonyl (C=O) groups is 1. The molecular weight excluding hydrogens is 320 g/mol.